The molecule has 0 unspecified atom stereocenters. The molecule has 0 amide bonds. The van der Waals surface area contributed by atoms with Crippen molar-refractivity contribution in [3.8, 4) is 11.5 Å². The lowest BCUT2D eigenvalue weighted by molar-refractivity contribution is 0.315. The summed E-state index contributed by atoms with van der Waals surface area (Å²) in [5.74, 6) is 1.77. The first-order valence-corrected chi connectivity index (χ1v) is 5.91. The quantitative estimate of drug-likeness (QED) is 0.854. The molecule has 0 spiro atoms. The van der Waals surface area contributed by atoms with E-state index in [0.717, 1.165) is 43.1 Å². The smallest absolute Gasteiger partial charge is 0.123 e. The average molecular weight is 236 g/mol. The molecular formula is C13H20N2O2. The molecule has 1 aliphatic heterocycles. The summed E-state index contributed by atoms with van der Waals surface area (Å²) in [6, 6.07) is 6.21. The first-order chi connectivity index (χ1) is 8.22. The highest BCUT2D eigenvalue weighted by molar-refractivity contribution is 5.40. The van der Waals surface area contributed by atoms with Crippen LogP contribution in [-0.2, 0) is 6.54 Å². The fraction of sp³-hybridized carbons (Fsp3) is 0.538. The first kappa shape index (κ1) is 12.2. The Bertz CT molecular complexity index is 382. The Hall–Kier alpha value is -1.26. The predicted octanol–water partition coefficient (Wildman–Crippen LogP) is 1.24. The zero-order valence-corrected chi connectivity index (χ0v) is 10.5. The Morgan fingerprint density at radius 2 is 2.18 bits per heavy atom. The second kappa shape index (κ2) is 5.38. The molecule has 0 aliphatic carbocycles. The third kappa shape index (κ3) is 2.90. The molecule has 1 saturated heterocycles. The van der Waals surface area contributed by atoms with Crippen molar-refractivity contribution in [3.05, 3.63) is 23.8 Å². The number of hydrogen-bond acceptors (Lipinski definition) is 4. The maximum atomic E-state index is 5.91. The second-order valence-electron chi connectivity index (χ2n) is 4.46. The Morgan fingerprint density at radius 3 is 2.76 bits per heavy atom. The van der Waals surface area contributed by atoms with Crippen LogP contribution in [0.4, 0.5) is 0 Å². The summed E-state index contributed by atoms with van der Waals surface area (Å²) in [6.07, 6.45) is 1.08. The van der Waals surface area contributed by atoms with Gasteiger partial charge in [0, 0.05) is 31.2 Å². The average Bonchev–Trinajstić information content (AvgIpc) is 2.74. The van der Waals surface area contributed by atoms with E-state index in [4.69, 9.17) is 15.2 Å². The van der Waals surface area contributed by atoms with E-state index in [9.17, 15) is 0 Å². The van der Waals surface area contributed by atoms with Gasteiger partial charge in [0.25, 0.3) is 0 Å². The number of likely N-dealkylation sites (tertiary alicyclic amines) is 1. The standard InChI is InChI=1S/C13H20N2O2/c1-16-12-3-4-13(17-2)10(7-12)8-15-6-5-11(14)9-15/h3-4,7,11H,5-6,8-9,14H2,1-2H3/t11-/m1/s1. The molecule has 0 radical (unpaired) electrons. The van der Waals surface area contributed by atoms with Crippen LogP contribution in [0.2, 0.25) is 0 Å². The number of hydrogen-bond donors (Lipinski definition) is 1. The van der Waals surface area contributed by atoms with Crippen LogP contribution in [0.1, 0.15) is 12.0 Å². The summed E-state index contributed by atoms with van der Waals surface area (Å²) in [5.41, 5.74) is 7.06. The van der Waals surface area contributed by atoms with Crippen LogP contribution >= 0.6 is 0 Å². The highest BCUT2D eigenvalue weighted by atomic mass is 16.5. The number of benzene rings is 1. The largest absolute Gasteiger partial charge is 0.497 e. The summed E-state index contributed by atoms with van der Waals surface area (Å²) in [7, 11) is 3.37. The van der Waals surface area contributed by atoms with Crippen molar-refractivity contribution < 1.29 is 9.47 Å². The number of nitrogens with zero attached hydrogens (tertiary/aromatic N) is 1. The van der Waals surface area contributed by atoms with E-state index in [1.165, 1.54) is 0 Å². The first-order valence-electron chi connectivity index (χ1n) is 5.91. The molecule has 1 heterocycles. The van der Waals surface area contributed by atoms with E-state index < -0.39 is 0 Å². The van der Waals surface area contributed by atoms with E-state index in [-0.39, 0.29) is 0 Å². The highest BCUT2D eigenvalue weighted by Crippen LogP contribution is 2.26. The Kier molecular flexibility index (Phi) is 3.86. The SMILES string of the molecule is COc1ccc(OC)c(CN2CC[C@@H](N)C2)c1. The summed E-state index contributed by atoms with van der Waals surface area (Å²) >= 11 is 0. The number of ether oxygens (including phenoxy) is 2. The highest BCUT2D eigenvalue weighted by Gasteiger charge is 2.20. The van der Waals surface area contributed by atoms with E-state index in [1.54, 1.807) is 14.2 Å². The molecule has 94 valence electrons. The van der Waals surface area contributed by atoms with Gasteiger partial charge < -0.3 is 15.2 Å². The van der Waals surface area contributed by atoms with E-state index >= 15 is 0 Å². The Labute approximate surface area is 102 Å². The minimum absolute atomic E-state index is 0.312. The second-order valence-corrected chi connectivity index (χ2v) is 4.46. The fourth-order valence-corrected chi connectivity index (χ4v) is 2.25. The molecule has 2 rings (SSSR count). The van der Waals surface area contributed by atoms with Crippen LogP contribution in [0.3, 0.4) is 0 Å². The van der Waals surface area contributed by atoms with Gasteiger partial charge in [0.15, 0.2) is 0 Å². The number of rotatable bonds is 4. The normalized spacial score (nSPS) is 20.5. The van der Waals surface area contributed by atoms with Gasteiger partial charge in [-0.15, -0.1) is 0 Å². The molecule has 1 aromatic carbocycles. The van der Waals surface area contributed by atoms with E-state index in [0.29, 0.717) is 6.04 Å². The topological polar surface area (TPSA) is 47.7 Å². The molecule has 1 atom stereocenters. The molecule has 4 heteroatoms. The maximum Gasteiger partial charge on any atom is 0.123 e. The minimum atomic E-state index is 0.312. The van der Waals surface area contributed by atoms with Gasteiger partial charge in [-0.2, -0.15) is 0 Å². The van der Waals surface area contributed by atoms with Crippen LogP contribution in [-0.4, -0.2) is 38.3 Å². The maximum absolute atomic E-state index is 5.91. The molecule has 0 bridgehead atoms. The van der Waals surface area contributed by atoms with Crippen molar-refractivity contribution in [2.24, 2.45) is 5.73 Å². The van der Waals surface area contributed by atoms with Gasteiger partial charge in [-0.25, -0.2) is 0 Å². The van der Waals surface area contributed by atoms with E-state index in [2.05, 4.69) is 4.90 Å². The predicted molar refractivity (Wildman–Crippen MR) is 67.4 cm³/mol. The molecule has 17 heavy (non-hydrogen) atoms. The van der Waals surface area contributed by atoms with E-state index in [1.807, 2.05) is 18.2 Å². The minimum Gasteiger partial charge on any atom is -0.497 e. The van der Waals surface area contributed by atoms with Crippen LogP contribution in [0.25, 0.3) is 0 Å². The molecule has 1 aromatic rings. The summed E-state index contributed by atoms with van der Waals surface area (Å²) in [5, 5.41) is 0. The summed E-state index contributed by atoms with van der Waals surface area (Å²) < 4.78 is 10.6. The van der Waals surface area contributed by atoms with Crippen LogP contribution in [0.5, 0.6) is 11.5 Å². The lowest BCUT2D eigenvalue weighted by atomic mass is 10.1. The molecule has 2 N–H and O–H groups in total. The van der Waals surface area contributed by atoms with Gasteiger partial charge in [-0.1, -0.05) is 0 Å². The van der Waals surface area contributed by atoms with Gasteiger partial charge in [-0.3, -0.25) is 4.90 Å². The fourth-order valence-electron chi connectivity index (χ4n) is 2.25. The lowest BCUT2D eigenvalue weighted by Crippen LogP contribution is -2.26. The molecule has 4 nitrogen and oxygen atoms in total. The van der Waals surface area contributed by atoms with Gasteiger partial charge in [0.1, 0.15) is 11.5 Å². The molecule has 0 aromatic heterocycles. The van der Waals surface area contributed by atoms with Crippen molar-refractivity contribution in [1.82, 2.24) is 4.90 Å². The Morgan fingerprint density at radius 1 is 1.35 bits per heavy atom. The van der Waals surface area contributed by atoms with Crippen molar-refractivity contribution in [1.29, 1.82) is 0 Å². The van der Waals surface area contributed by atoms with Gasteiger partial charge >= 0.3 is 0 Å². The monoisotopic (exact) mass is 236 g/mol. The van der Waals surface area contributed by atoms with Crippen molar-refractivity contribution in [3.63, 3.8) is 0 Å². The van der Waals surface area contributed by atoms with Crippen LogP contribution < -0.4 is 15.2 Å². The number of methoxy groups -OCH3 is 2. The van der Waals surface area contributed by atoms with Crippen LogP contribution in [0.15, 0.2) is 18.2 Å². The van der Waals surface area contributed by atoms with Gasteiger partial charge in [0.2, 0.25) is 0 Å². The summed E-state index contributed by atoms with van der Waals surface area (Å²) in [6.45, 7) is 2.88. The van der Waals surface area contributed by atoms with Crippen molar-refractivity contribution in [2.45, 2.75) is 19.0 Å². The zero-order valence-electron chi connectivity index (χ0n) is 10.5. The van der Waals surface area contributed by atoms with Crippen LogP contribution in [0, 0.1) is 0 Å². The molecule has 1 fully saturated rings. The van der Waals surface area contributed by atoms with Crippen molar-refractivity contribution >= 4 is 0 Å². The molecule has 0 saturated carbocycles. The van der Waals surface area contributed by atoms with Crippen molar-refractivity contribution in [2.75, 3.05) is 27.3 Å². The number of nitrogens with two attached hydrogens (primary N) is 1. The zero-order chi connectivity index (χ0) is 12.3. The summed E-state index contributed by atoms with van der Waals surface area (Å²) in [4.78, 5) is 2.35. The van der Waals surface area contributed by atoms with Gasteiger partial charge in [0.05, 0.1) is 14.2 Å². The lowest BCUT2D eigenvalue weighted by Gasteiger charge is -2.17. The molecular weight excluding hydrogens is 216 g/mol. The van der Waals surface area contributed by atoms with Gasteiger partial charge in [-0.05, 0) is 24.6 Å². The Balaban J connectivity index is 2.12. The molecule has 1 aliphatic rings. The third-order valence-corrected chi connectivity index (χ3v) is 3.19. The third-order valence-electron chi connectivity index (χ3n) is 3.19.